The van der Waals surface area contributed by atoms with Crippen molar-refractivity contribution in [1.82, 2.24) is 0 Å². The van der Waals surface area contributed by atoms with Gasteiger partial charge in [-0.1, -0.05) is 19.9 Å². The molecule has 0 bridgehead atoms. The molecule has 3 nitrogen and oxygen atoms in total. The Morgan fingerprint density at radius 3 is 2.41 bits per heavy atom. The quantitative estimate of drug-likeness (QED) is 0.827. The molecule has 0 aliphatic carbocycles. The SMILES string of the molecule is CCOc1cc(C(CN)C(C)C)ccc1OC. The second kappa shape index (κ2) is 6.50. The summed E-state index contributed by atoms with van der Waals surface area (Å²) in [6.45, 7) is 7.61. The smallest absolute Gasteiger partial charge is 0.161 e. The predicted molar refractivity (Wildman–Crippen MR) is 70.8 cm³/mol. The van der Waals surface area contributed by atoms with Gasteiger partial charge in [0.15, 0.2) is 11.5 Å². The minimum atomic E-state index is 0.361. The summed E-state index contributed by atoms with van der Waals surface area (Å²) in [5.41, 5.74) is 7.04. The minimum Gasteiger partial charge on any atom is -0.493 e. The zero-order valence-electron chi connectivity index (χ0n) is 11.2. The lowest BCUT2D eigenvalue weighted by Gasteiger charge is -2.20. The van der Waals surface area contributed by atoms with Crippen LogP contribution < -0.4 is 15.2 Å². The Labute approximate surface area is 104 Å². The van der Waals surface area contributed by atoms with Gasteiger partial charge in [-0.25, -0.2) is 0 Å². The lowest BCUT2D eigenvalue weighted by molar-refractivity contribution is 0.310. The number of hydrogen-bond donors (Lipinski definition) is 1. The molecule has 17 heavy (non-hydrogen) atoms. The summed E-state index contributed by atoms with van der Waals surface area (Å²) in [5.74, 6) is 2.45. The summed E-state index contributed by atoms with van der Waals surface area (Å²) in [5, 5.41) is 0. The molecule has 3 heteroatoms. The average molecular weight is 237 g/mol. The molecular formula is C14H23NO2. The highest BCUT2D eigenvalue weighted by atomic mass is 16.5. The summed E-state index contributed by atoms with van der Waals surface area (Å²) in [6, 6.07) is 6.06. The van der Waals surface area contributed by atoms with Crippen molar-refractivity contribution >= 4 is 0 Å². The highest BCUT2D eigenvalue weighted by molar-refractivity contribution is 5.44. The Kier molecular flexibility index (Phi) is 5.29. The highest BCUT2D eigenvalue weighted by Crippen LogP contribution is 2.33. The van der Waals surface area contributed by atoms with Crippen LogP contribution in [-0.4, -0.2) is 20.3 Å². The number of ether oxygens (including phenoxy) is 2. The van der Waals surface area contributed by atoms with Gasteiger partial charge in [-0.3, -0.25) is 0 Å². The molecule has 0 amide bonds. The van der Waals surface area contributed by atoms with E-state index in [4.69, 9.17) is 15.2 Å². The van der Waals surface area contributed by atoms with Gasteiger partial charge in [0.1, 0.15) is 0 Å². The Morgan fingerprint density at radius 2 is 1.94 bits per heavy atom. The molecule has 0 aliphatic rings. The van der Waals surface area contributed by atoms with Gasteiger partial charge in [-0.05, 0) is 43.0 Å². The largest absolute Gasteiger partial charge is 0.493 e. The third kappa shape index (κ3) is 3.37. The van der Waals surface area contributed by atoms with Gasteiger partial charge in [-0.2, -0.15) is 0 Å². The van der Waals surface area contributed by atoms with Crippen molar-refractivity contribution in [3.05, 3.63) is 23.8 Å². The molecular weight excluding hydrogens is 214 g/mol. The van der Waals surface area contributed by atoms with Gasteiger partial charge in [0, 0.05) is 0 Å². The van der Waals surface area contributed by atoms with Crippen LogP contribution in [0.1, 0.15) is 32.3 Å². The average Bonchev–Trinajstić information content (AvgIpc) is 2.30. The first-order chi connectivity index (χ1) is 8.13. The molecule has 0 spiro atoms. The number of benzene rings is 1. The molecule has 0 saturated heterocycles. The normalized spacial score (nSPS) is 12.6. The van der Waals surface area contributed by atoms with E-state index in [0.29, 0.717) is 25.0 Å². The van der Waals surface area contributed by atoms with Crippen LogP contribution in [0.3, 0.4) is 0 Å². The maximum atomic E-state index is 5.83. The van der Waals surface area contributed by atoms with Crippen LogP contribution in [0, 0.1) is 5.92 Å². The van der Waals surface area contributed by atoms with Gasteiger partial charge >= 0.3 is 0 Å². The molecule has 0 aliphatic heterocycles. The van der Waals surface area contributed by atoms with Crippen molar-refractivity contribution in [3.8, 4) is 11.5 Å². The minimum absolute atomic E-state index is 0.361. The monoisotopic (exact) mass is 237 g/mol. The fourth-order valence-corrected chi connectivity index (χ4v) is 1.99. The molecule has 0 fully saturated rings. The molecule has 1 rings (SSSR count). The van der Waals surface area contributed by atoms with E-state index in [0.717, 1.165) is 11.5 Å². The number of hydrogen-bond acceptors (Lipinski definition) is 3. The van der Waals surface area contributed by atoms with Crippen LogP contribution in [0.15, 0.2) is 18.2 Å². The second-order valence-corrected chi connectivity index (χ2v) is 4.43. The molecule has 1 unspecified atom stereocenters. The highest BCUT2D eigenvalue weighted by Gasteiger charge is 2.16. The van der Waals surface area contributed by atoms with Crippen LogP contribution in [0.4, 0.5) is 0 Å². The van der Waals surface area contributed by atoms with E-state index in [1.165, 1.54) is 5.56 Å². The van der Waals surface area contributed by atoms with E-state index >= 15 is 0 Å². The maximum Gasteiger partial charge on any atom is 0.161 e. The molecule has 1 aromatic rings. The second-order valence-electron chi connectivity index (χ2n) is 4.43. The van der Waals surface area contributed by atoms with E-state index in [9.17, 15) is 0 Å². The fraction of sp³-hybridized carbons (Fsp3) is 0.571. The topological polar surface area (TPSA) is 44.5 Å². The third-order valence-corrected chi connectivity index (χ3v) is 2.97. The van der Waals surface area contributed by atoms with Crippen molar-refractivity contribution in [2.75, 3.05) is 20.3 Å². The van der Waals surface area contributed by atoms with Gasteiger partial charge in [-0.15, -0.1) is 0 Å². The number of rotatable bonds is 6. The Hall–Kier alpha value is -1.22. The predicted octanol–water partition coefficient (Wildman–Crippen LogP) is 2.79. The fourth-order valence-electron chi connectivity index (χ4n) is 1.99. The van der Waals surface area contributed by atoms with Crippen LogP contribution in [0.2, 0.25) is 0 Å². The molecule has 0 aromatic heterocycles. The molecule has 96 valence electrons. The Balaban J connectivity index is 3.05. The molecule has 0 heterocycles. The molecule has 2 N–H and O–H groups in total. The Morgan fingerprint density at radius 1 is 1.24 bits per heavy atom. The first kappa shape index (κ1) is 13.8. The number of methoxy groups -OCH3 is 1. The lowest BCUT2D eigenvalue weighted by atomic mass is 9.88. The van der Waals surface area contributed by atoms with Crippen LogP contribution in [-0.2, 0) is 0 Å². The first-order valence-electron chi connectivity index (χ1n) is 6.14. The molecule has 1 aromatic carbocycles. The third-order valence-electron chi connectivity index (χ3n) is 2.97. The summed E-state index contributed by atoms with van der Waals surface area (Å²) < 4.78 is 10.8. The number of nitrogens with two attached hydrogens (primary N) is 1. The van der Waals surface area contributed by atoms with E-state index < -0.39 is 0 Å². The zero-order chi connectivity index (χ0) is 12.8. The van der Waals surface area contributed by atoms with Crippen molar-refractivity contribution in [3.63, 3.8) is 0 Å². The van der Waals surface area contributed by atoms with Crippen molar-refractivity contribution < 1.29 is 9.47 Å². The summed E-state index contributed by atoms with van der Waals surface area (Å²) in [6.07, 6.45) is 0. The van der Waals surface area contributed by atoms with E-state index in [1.54, 1.807) is 7.11 Å². The van der Waals surface area contributed by atoms with Gasteiger partial charge in [0.05, 0.1) is 13.7 Å². The first-order valence-corrected chi connectivity index (χ1v) is 6.14. The maximum absolute atomic E-state index is 5.83. The summed E-state index contributed by atoms with van der Waals surface area (Å²) in [7, 11) is 1.65. The van der Waals surface area contributed by atoms with Crippen molar-refractivity contribution in [1.29, 1.82) is 0 Å². The van der Waals surface area contributed by atoms with E-state index in [-0.39, 0.29) is 0 Å². The standard InChI is InChI=1S/C14H23NO2/c1-5-17-14-8-11(6-7-13(14)16-4)12(9-15)10(2)3/h6-8,10,12H,5,9,15H2,1-4H3. The lowest BCUT2D eigenvalue weighted by Crippen LogP contribution is -2.17. The van der Waals surface area contributed by atoms with E-state index in [1.807, 2.05) is 19.1 Å². The van der Waals surface area contributed by atoms with Crippen LogP contribution >= 0.6 is 0 Å². The zero-order valence-corrected chi connectivity index (χ0v) is 11.2. The van der Waals surface area contributed by atoms with Crippen LogP contribution in [0.25, 0.3) is 0 Å². The van der Waals surface area contributed by atoms with Crippen LogP contribution in [0.5, 0.6) is 11.5 Å². The van der Waals surface area contributed by atoms with Gasteiger partial charge in [0.2, 0.25) is 0 Å². The van der Waals surface area contributed by atoms with Gasteiger partial charge < -0.3 is 15.2 Å². The van der Waals surface area contributed by atoms with Crippen molar-refractivity contribution in [2.24, 2.45) is 11.7 Å². The molecule has 1 atom stereocenters. The van der Waals surface area contributed by atoms with Crippen molar-refractivity contribution in [2.45, 2.75) is 26.7 Å². The summed E-state index contributed by atoms with van der Waals surface area (Å²) >= 11 is 0. The summed E-state index contributed by atoms with van der Waals surface area (Å²) in [4.78, 5) is 0. The van der Waals surface area contributed by atoms with E-state index in [2.05, 4.69) is 19.9 Å². The molecule has 0 saturated carbocycles. The Bertz CT molecular complexity index is 350. The molecule has 0 radical (unpaired) electrons. The van der Waals surface area contributed by atoms with Gasteiger partial charge in [0.25, 0.3) is 0 Å².